The molecule has 2 heterocycles. The number of alkyl halides is 1. The first kappa shape index (κ1) is 13.8. The van der Waals surface area contributed by atoms with Crippen molar-refractivity contribution in [3.05, 3.63) is 22.6 Å². The van der Waals surface area contributed by atoms with Gasteiger partial charge in [0.25, 0.3) is 0 Å². The summed E-state index contributed by atoms with van der Waals surface area (Å²) in [6, 6.07) is 2.42. The number of aryl methyl sites for hydroxylation is 1. The van der Waals surface area contributed by atoms with Crippen molar-refractivity contribution in [3.8, 4) is 0 Å². The molecule has 0 fully saturated rings. The molecule has 1 atom stereocenters. The van der Waals surface area contributed by atoms with Crippen molar-refractivity contribution in [2.75, 3.05) is 5.88 Å². The second-order valence-corrected chi connectivity index (χ2v) is 5.76. The van der Waals surface area contributed by atoms with Crippen LogP contribution in [0, 0.1) is 0 Å². The number of hydrogen-bond donors (Lipinski definition) is 0. The zero-order valence-electron chi connectivity index (χ0n) is 10.7. The van der Waals surface area contributed by atoms with Crippen molar-refractivity contribution in [1.29, 1.82) is 0 Å². The summed E-state index contributed by atoms with van der Waals surface area (Å²) in [5.74, 6) is 1.62. The number of imidazole rings is 1. The fourth-order valence-corrected chi connectivity index (χ4v) is 2.76. The number of fused-ring (bicyclic) bond motifs is 1. The Balaban J connectivity index is 2.54. The third kappa shape index (κ3) is 2.69. The number of pyridine rings is 1. The smallest absolute Gasteiger partial charge is 0.160 e. The van der Waals surface area contributed by atoms with Crippen LogP contribution in [0.3, 0.4) is 0 Å². The van der Waals surface area contributed by atoms with Crippen molar-refractivity contribution >= 4 is 38.7 Å². The summed E-state index contributed by atoms with van der Waals surface area (Å²) in [6.07, 6.45) is 4.88. The standard InChI is InChI=1S/C13H17BrClN3/c1-3-4-9(2)18-12(5-6-15)17-11-7-10(14)8-16-13(11)18/h7-9H,3-6H2,1-2H3. The molecule has 0 radical (unpaired) electrons. The molecule has 3 nitrogen and oxygen atoms in total. The van der Waals surface area contributed by atoms with E-state index in [1.165, 1.54) is 0 Å². The molecular weight excluding hydrogens is 314 g/mol. The van der Waals surface area contributed by atoms with Gasteiger partial charge in [-0.15, -0.1) is 11.6 Å². The Bertz CT molecular complexity index is 538. The molecule has 2 aromatic heterocycles. The molecule has 2 rings (SSSR count). The Morgan fingerprint density at radius 1 is 1.50 bits per heavy atom. The van der Waals surface area contributed by atoms with Crippen molar-refractivity contribution in [1.82, 2.24) is 14.5 Å². The maximum absolute atomic E-state index is 5.87. The predicted molar refractivity (Wildman–Crippen MR) is 79.3 cm³/mol. The minimum absolute atomic E-state index is 0.409. The molecule has 0 aliphatic carbocycles. The highest BCUT2D eigenvalue weighted by Gasteiger charge is 2.16. The van der Waals surface area contributed by atoms with Gasteiger partial charge in [0.1, 0.15) is 11.3 Å². The van der Waals surface area contributed by atoms with Crippen molar-refractivity contribution < 1.29 is 0 Å². The lowest BCUT2D eigenvalue weighted by Crippen LogP contribution is -2.10. The monoisotopic (exact) mass is 329 g/mol. The van der Waals surface area contributed by atoms with Crippen molar-refractivity contribution in [3.63, 3.8) is 0 Å². The topological polar surface area (TPSA) is 30.7 Å². The second kappa shape index (κ2) is 6.02. The van der Waals surface area contributed by atoms with Gasteiger partial charge in [-0.3, -0.25) is 0 Å². The minimum Gasteiger partial charge on any atom is -0.310 e. The summed E-state index contributed by atoms with van der Waals surface area (Å²) in [7, 11) is 0. The van der Waals surface area contributed by atoms with E-state index in [-0.39, 0.29) is 0 Å². The first-order chi connectivity index (χ1) is 8.67. The molecule has 2 aromatic rings. The highest BCUT2D eigenvalue weighted by Crippen LogP contribution is 2.24. The zero-order chi connectivity index (χ0) is 13.1. The number of hydrogen-bond acceptors (Lipinski definition) is 2. The summed E-state index contributed by atoms with van der Waals surface area (Å²) in [6.45, 7) is 4.41. The van der Waals surface area contributed by atoms with Gasteiger partial charge in [0.05, 0.1) is 0 Å². The molecule has 0 spiro atoms. The first-order valence-electron chi connectivity index (χ1n) is 6.25. The van der Waals surface area contributed by atoms with Crippen LogP contribution >= 0.6 is 27.5 Å². The molecule has 18 heavy (non-hydrogen) atoms. The van der Waals surface area contributed by atoms with E-state index >= 15 is 0 Å². The molecular formula is C13H17BrClN3. The second-order valence-electron chi connectivity index (χ2n) is 4.47. The molecule has 0 bridgehead atoms. The maximum Gasteiger partial charge on any atom is 0.160 e. The van der Waals surface area contributed by atoms with Gasteiger partial charge < -0.3 is 4.57 Å². The number of halogens is 2. The van der Waals surface area contributed by atoms with Crippen LogP contribution in [-0.2, 0) is 6.42 Å². The molecule has 5 heteroatoms. The quantitative estimate of drug-likeness (QED) is 0.764. The van der Waals surface area contributed by atoms with Gasteiger partial charge in [-0.25, -0.2) is 9.97 Å². The van der Waals surface area contributed by atoms with Crippen LogP contribution in [0.15, 0.2) is 16.7 Å². The third-order valence-electron chi connectivity index (χ3n) is 3.03. The molecule has 98 valence electrons. The van der Waals surface area contributed by atoms with Gasteiger partial charge in [-0.2, -0.15) is 0 Å². The molecule has 1 unspecified atom stereocenters. The molecule has 0 aliphatic rings. The summed E-state index contributed by atoms with van der Waals surface area (Å²) in [5, 5.41) is 0. The van der Waals surface area contributed by atoms with E-state index in [0.717, 1.165) is 40.7 Å². The van der Waals surface area contributed by atoms with Gasteiger partial charge in [0, 0.05) is 29.0 Å². The molecule has 0 saturated carbocycles. The fraction of sp³-hybridized carbons (Fsp3) is 0.538. The maximum atomic E-state index is 5.87. The van der Waals surface area contributed by atoms with Gasteiger partial charge >= 0.3 is 0 Å². The molecule has 0 saturated heterocycles. The Morgan fingerprint density at radius 2 is 2.28 bits per heavy atom. The van der Waals surface area contributed by atoms with Crippen molar-refractivity contribution in [2.24, 2.45) is 0 Å². The Morgan fingerprint density at radius 3 is 2.94 bits per heavy atom. The van der Waals surface area contributed by atoms with Gasteiger partial charge in [-0.1, -0.05) is 13.3 Å². The lowest BCUT2D eigenvalue weighted by Gasteiger charge is -2.15. The van der Waals surface area contributed by atoms with Crippen LogP contribution in [0.25, 0.3) is 11.2 Å². The summed E-state index contributed by atoms with van der Waals surface area (Å²) in [4.78, 5) is 9.15. The Hall–Kier alpha value is -0.610. The highest BCUT2D eigenvalue weighted by atomic mass is 79.9. The minimum atomic E-state index is 0.409. The fourth-order valence-electron chi connectivity index (χ4n) is 2.28. The van der Waals surface area contributed by atoms with Crippen LogP contribution in [0.1, 0.15) is 38.6 Å². The van der Waals surface area contributed by atoms with E-state index in [9.17, 15) is 0 Å². The lowest BCUT2D eigenvalue weighted by molar-refractivity contribution is 0.493. The summed E-state index contributed by atoms with van der Waals surface area (Å²) >= 11 is 9.30. The Labute approximate surface area is 121 Å². The van der Waals surface area contributed by atoms with Crippen LogP contribution in [0.5, 0.6) is 0 Å². The van der Waals surface area contributed by atoms with E-state index in [1.54, 1.807) is 0 Å². The van der Waals surface area contributed by atoms with Crippen LogP contribution in [0.2, 0.25) is 0 Å². The van der Waals surface area contributed by atoms with E-state index in [4.69, 9.17) is 11.6 Å². The van der Waals surface area contributed by atoms with E-state index in [1.807, 2.05) is 12.3 Å². The highest BCUT2D eigenvalue weighted by molar-refractivity contribution is 9.10. The molecule has 0 aromatic carbocycles. The molecule has 0 aliphatic heterocycles. The summed E-state index contributed by atoms with van der Waals surface area (Å²) < 4.78 is 3.19. The van der Waals surface area contributed by atoms with Crippen LogP contribution < -0.4 is 0 Å². The van der Waals surface area contributed by atoms with Gasteiger partial charge in [0.2, 0.25) is 0 Å². The SMILES string of the molecule is CCCC(C)n1c(CCCl)nc2cc(Br)cnc21. The van der Waals surface area contributed by atoms with E-state index < -0.39 is 0 Å². The van der Waals surface area contributed by atoms with Gasteiger partial charge in [0.15, 0.2) is 5.65 Å². The van der Waals surface area contributed by atoms with E-state index in [0.29, 0.717) is 11.9 Å². The third-order valence-corrected chi connectivity index (χ3v) is 3.66. The first-order valence-corrected chi connectivity index (χ1v) is 7.58. The normalized spacial score (nSPS) is 13.1. The van der Waals surface area contributed by atoms with Gasteiger partial charge in [-0.05, 0) is 35.3 Å². The van der Waals surface area contributed by atoms with Crippen LogP contribution in [0.4, 0.5) is 0 Å². The number of rotatable bonds is 5. The van der Waals surface area contributed by atoms with Crippen LogP contribution in [-0.4, -0.2) is 20.4 Å². The summed E-state index contributed by atoms with van der Waals surface area (Å²) in [5.41, 5.74) is 1.90. The number of nitrogens with zero attached hydrogens (tertiary/aromatic N) is 3. The lowest BCUT2D eigenvalue weighted by atomic mass is 10.2. The average molecular weight is 331 g/mol. The number of aromatic nitrogens is 3. The zero-order valence-corrected chi connectivity index (χ0v) is 13.0. The largest absolute Gasteiger partial charge is 0.310 e. The predicted octanol–water partition coefficient (Wildman–Crippen LogP) is 4.34. The molecule has 0 amide bonds. The van der Waals surface area contributed by atoms with Crippen molar-refractivity contribution in [2.45, 2.75) is 39.2 Å². The average Bonchev–Trinajstić information content (AvgIpc) is 2.67. The Kier molecular flexibility index (Phi) is 4.62. The molecule has 0 N–H and O–H groups in total. The van der Waals surface area contributed by atoms with E-state index in [2.05, 4.69) is 44.3 Å².